The molecule has 0 amide bonds. The van der Waals surface area contributed by atoms with E-state index in [0.717, 1.165) is 19.5 Å². The summed E-state index contributed by atoms with van der Waals surface area (Å²) in [6.45, 7) is 2.10. The van der Waals surface area contributed by atoms with Crippen LogP contribution < -0.4 is 5.32 Å². The van der Waals surface area contributed by atoms with Crippen molar-refractivity contribution in [1.29, 1.82) is 0 Å². The van der Waals surface area contributed by atoms with E-state index in [4.69, 9.17) is 4.74 Å². The molecule has 1 fully saturated rings. The summed E-state index contributed by atoms with van der Waals surface area (Å²) in [6.07, 6.45) is 6.22. The van der Waals surface area contributed by atoms with Crippen LogP contribution >= 0.6 is 0 Å². The molecule has 2 aliphatic heterocycles. The van der Waals surface area contributed by atoms with Crippen molar-refractivity contribution in [2.24, 2.45) is 0 Å². The van der Waals surface area contributed by atoms with E-state index in [-0.39, 0.29) is 0 Å². The molecule has 1 N–H and O–H groups in total. The topological polar surface area (TPSA) is 21.3 Å². The highest BCUT2D eigenvalue weighted by Crippen LogP contribution is 2.15. The van der Waals surface area contributed by atoms with Crippen molar-refractivity contribution in [1.82, 2.24) is 5.32 Å². The summed E-state index contributed by atoms with van der Waals surface area (Å²) >= 11 is 0. The lowest BCUT2D eigenvalue weighted by Gasteiger charge is -2.05. The van der Waals surface area contributed by atoms with E-state index < -0.39 is 0 Å². The molecule has 2 rings (SSSR count). The minimum Gasteiger partial charge on any atom is -0.365 e. The average Bonchev–Trinajstić information content (AvgIpc) is 2.09. The van der Waals surface area contributed by atoms with Crippen LogP contribution in [0.25, 0.3) is 0 Å². The van der Waals surface area contributed by atoms with Gasteiger partial charge in [-0.1, -0.05) is 12.2 Å². The predicted molar refractivity (Wildman–Crippen MR) is 35.3 cm³/mol. The molecule has 0 aromatic carbocycles. The van der Waals surface area contributed by atoms with E-state index in [2.05, 4.69) is 17.5 Å². The van der Waals surface area contributed by atoms with Crippen molar-refractivity contribution in [3.05, 3.63) is 12.2 Å². The lowest BCUT2D eigenvalue weighted by Crippen LogP contribution is -2.23. The second-order valence-corrected chi connectivity index (χ2v) is 2.59. The van der Waals surface area contributed by atoms with Crippen LogP contribution in [-0.4, -0.2) is 25.3 Å². The van der Waals surface area contributed by atoms with Gasteiger partial charge in [-0.15, -0.1) is 0 Å². The summed E-state index contributed by atoms with van der Waals surface area (Å²) in [5.74, 6) is 0. The Kier molecular flexibility index (Phi) is 1.28. The SMILES string of the molecule is C1=CC2CNCCC1O2. The van der Waals surface area contributed by atoms with Gasteiger partial charge in [-0.25, -0.2) is 0 Å². The third kappa shape index (κ3) is 1.00. The predicted octanol–water partition coefficient (Wildman–Crippen LogP) is 0.303. The Morgan fingerprint density at radius 3 is 3.22 bits per heavy atom. The molecule has 0 radical (unpaired) electrons. The molecule has 2 atom stereocenters. The first-order valence-corrected chi connectivity index (χ1v) is 3.50. The van der Waals surface area contributed by atoms with Gasteiger partial charge in [0.1, 0.15) is 0 Å². The molecule has 1 saturated heterocycles. The molecule has 2 aliphatic rings. The number of nitrogens with one attached hydrogen (secondary N) is 1. The Hall–Kier alpha value is -0.340. The van der Waals surface area contributed by atoms with Crippen LogP contribution in [0.5, 0.6) is 0 Å². The Morgan fingerprint density at radius 2 is 2.22 bits per heavy atom. The van der Waals surface area contributed by atoms with Crippen molar-refractivity contribution in [2.45, 2.75) is 18.6 Å². The quantitative estimate of drug-likeness (QED) is 0.470. The Balaban J connectivity index is 2.08. The average molecular weight is 125 g/mol. The molecule has 0 aromatic rings. The summed E-state index contributed by atoms with van der Waals surface area (Å²) in [5, 5.41) is 3.30. The van der Waals surface area contributed by atoms with Gasteiger partial charge in [-0.3, -0.25) is 0 Å². The highest BCUT2D eigenvalue weighted by molar-refractivity contribution is 5.04. The Morgan fingerprint density at radius 1 is 1.33 bits per heavy atom. The van der Waals surface area contributed by atoms with Crippen LogP contribution in [0.3, 0.4) is 0 Å². The van der Waals surface area contributed by atoms with Gasteiger partial charge in [0, 0.05) is 6.54 Å². The maximum Gasteiger partial charge on any atom is 0.0889 e. The number of hydrogen-bond acceptors (Lipinski definition) is 2. The molecule has 0 spiro atoms. The maximum atomic E-state index is 5.55. The molecule has 2 unspecified atom stereocenters. The second kappa shape index (κ2) is 2.12. The third-order valence-corrected chi connectivity index (χ3v) is 1.84. The Bertz CT molecular complexity index is 119. The first-order valence-electron chi connectivity index (χ1n) is 3.50. The smallest absolute Gasteiger partial charge is 0.0889 e. The summed E-state index contributed by atoms with van der Waals surface area (Å²) in [4.78, 5) is 0. The lowest BCUT2D eigenvalue weighted by molar-refractivity contribution is 0.0728. The van der Waals surface area contributed by atoms with Gasteiger partial charge >= 0.3 is 0 Å². The number of fused-ring (bicyclic) bond motifs is 2. The van der Waals surface area contributed by atoms with E-state index in [1.54, 1.807) is 0 Å². The molecule has 2 bridgehead atoms. The monoisotopic (exact) mass is 125 g/mol. The zero-order chi connectivity index (χ0) is 6.10. The zero-order valence-corrected chi connectivity index (χ0v) is 5.34. The maximum absolute atomic E-state index is 5.55. The molecular weight excluding hydrogens is 114 g/mol. The van der Waals surface area contributed by atoms with Gasteiger partial charge in [0.25, 0.3) is 0 Å². The fourth-order valence-electron chi connectivity index (χ4n) is 1.33. The van der Waals surface area contributed by atoms with Gasteiger partial charge < -0.3 is 10.1 Å². The zero-order valence-electron chi connectivity index (χ0n) is 5.34. The van der Waals surface area contributed by atoms with Gasteiger partial charge in [0.05, 0.1) is 12.2 Å². The summed E-state index contributed by atoms with van der Waals surface area (Å²) < 4.78 is 5.55. The van der Waals surface area contributed by atoms with E-state index in [1.165, 1.54) is 0 Å². The minimum atomic E-state index is 0.359. The molecule has 2 heterocycles. The summed E-state index contributed by atoms with van der Waals surface area (Å²) in [5.41, 5.74) is 0. The molecular formula is C7H11NO. The molecule has 2 heteroatoms. The van der Waals surface area contributed by atoms with Crippen molar-refractivity contribution < 1.29 is 4.74 Å². The molecule has 2 nitrogen and oxygen atoms in total. The van der Waals surface area contributed by atoms with E-state index in [0.29, 0.717) is 12.2 Å². The minimum absolute atomic E-state index is 0.359. The van der Waals surface area contributed by atoms with E-state index in [1.807, 2.05) is 0 Å². The largest absolute Gasteiger partial charge is 0.365 e. The Labute approximate surface area is 54.9 Å². The molecule has 0 aromatic heterocycles. The van der Waals surface area contributed by atoms with Crippen LogP contribution in [0.1, 0.15) is 6.42 Å². The van der Waals surface area contributed by atoms with Crippen molar-refractivity contribution in [3.63, 3.8) is 0 Å². The summed E-state index contributed by atoms with van der Waals surface area (Å²) in [7, 11) is 0. The lowest BCUT2D eigenvalue weighted by atomic mass is 10.2. The third-order valence-electron chi connectivity index (χ3n) is 1.84. The van der Waals surface area contributed by atoms with Gasteiger partial charge in [0.2, 0.25) is 0 Å². The van der Waals surface area contributed by atoms with Crippen molar-refractivity contribution >= 4 is 0 Å². The first-order chi connectivity index (χ1) is 4.45. The van der Waals surface area contributed by atoms with Crippen molar-refractivity contribution in [3.8, 4) is 0 Å². The summed E-state index contributed by atoms with van der Waals surface area (Å²) in [6, 6.07) is 0. The van der Waals surface area contributed by atoms with Crippen molar-refractivity contribution in [2.75, 3.05) is 13.1 Å². The highest BCUT2D eigenvalue weighted by Gasteiger charge is 2.20. The number of hydrogen-bond donors (Lipinski definition) is 1. The first kappa shape index (κ1) is 5.45. The van der Waals surface area contributed by atoms with Gasteiger partial charge in [0.15, 0.2) is 0 Å². The normalized spacial score (nSPS) is 40.9. The highest BCUT2D eigenvalue weighted by atomic mass is 16.5. The van der Waals surface area contributed by atoms with Gasteiger partial charge in [-0.2, -0.15) is 0 Å². The van der Waals surface area contributed by atoms with Gasteiger partial charge in [-0.05, 0) is 13.0 Å². The van der Waals surface area contributed by atoms with Crippen LogP contribution in [-0.2, 0) is 4.74 Å². The number of rotatable bonds is 0. The van der Waals surface area contributed by atoms with E-state index >= 15 is 0 Å². The number of ether oxygens (including phenoxy) is 1. The van der Waals surface area contributed by atoms with Crippen LogP contribution in [0, 0.1) is 0 Å². The molecule has 9 heavy (non-hydrogen) atoms. The second-order valence-electron chi connectivity index (χ2n) is 2.59. The standard InChI is InChI=1S/C7H11NO/c1-2-7-5-8-4-3-6(1)9-7/h1-2,6-8H,3-5H2. The fraction of sp³-hybridized carbons (Fsp3) is 0.714. The molecule has 0 aliphatic carbocycles. The van der Waals surface area contributed by atoms with Crippen LogP contribution in [0.2, 0.25) is 0 Å². The molecule has 0 saturated carbocycles. The van der Waals surface area contributed by atoms with E-state index in [9.17, 15) is 0 Å². The molecule has 50 valence electrons. The fourth-order valence-corrected chi connectivity index (χ4v) is 1.33. The van der Waals surface area contributed by atoms with Crippen LogP contribution in [0.4, 0.5) is 0 Å². The van der Waals surface area contributed by atoms with Crippen LogP contribution in [0.15, 0.2) is 12.2 Å².